The van der Waals surface area contributed by atoms with Crippen LogP contribution in [0.2, 0.25) is 0 Å². The molecule has 20 heavy (non-hydrogen) atoms. The van der Waals surface area contributed by atoms with Gasteiger partial charge in [0.2, 0.25) is 5.89 Å². The summed E-state index contributed by atoms with van der Waals surface area (Å²) in [7, 11) is 0. The van der Waals surface area contributed by atoms with Crippen molar-refractivity contribution in [1.29, 1.82) is 0 Å². The van der Waals surface area contributed by atoms with Gasteiger partial charge in [-0.3, -0.25) is 14.9 Å². The molecule has 0 unspecified atom stereocenters. The molecule has 0 aliphatic carbocycles. The Balaban J connectivity index is 2.12. The van der Waals surface area contributed by atoms with Crippen molar-refractivity contribution in [1.82, 2.24) is 20.4 Å². The van der Waals surface area contributed by atoms with Crippen molar-refractivity contribution in [2.75, 3.05) is 5.73 Å². The van der Waals surface area contributed by atoms with Crippen molar-refractivity contribution < 1.29 is 14.2 Å². The molecule has 0 saturated heterocycles. The number of nitrogens with one attached hydrogen (secondary N) is 1. The molecule has 10 nitrogen and oxygen atoms in total. The number of pyridine rings is 1. The first-order valence-electron chi connectivity index (χ1n) is 5.44. The number of aryl methyl sites for hydroxylation is 1. The van der Waals surface area contributed by atoms with Crippen LogP contribution in [0.25, 0.3) is 0 Å². The molecule has 0 fully saturated rings. The molecule has 0 atom stereocenters. The van der Waals surface area contributed by atoms with Crippen LogP contribution in [0.3, 0.4) is 0 Å². The summed E-state index contributed by atoms with van der Waals surface area (Å²) < 4.78 is 4.74. The van der Waals surface area contributed by atoms with Gasteiger partial charge in [-0.05, 0) is 0 Å². The Hall–Kier alpha value is -3.04. The van der Waals surface area contributed by atoms with E-state index >= 15 is 0 Å². The average Bonchev–Trinajstić information content (AvgIpc) is 2.82. The quantitative estimate of drug-likeness (QED) is 0.594. The third-order valence-corrected chi connectivity index (χ3v) is 2.34. The van der Waals surface area contributed by atoms with E-state index in [4.69, 9.17) is 10.3 Å². The van der Waals surface area contributed by atoms with Crippen LogP contribution in [0.5, 0.6) is 0 Å². The number of hydrogen-bond acceptors (Lipinski definition) is 8. The van der Waals surface area contributed by atoms with Gasteiger partial charge in [0.1, 0.15) is 12.0 Å². The monoisotopic (exact) mass is 278 g/mol. The molecule has 2 aromatic heterocycles. The minimum atomic E-state index is -0.661. The molecular weight excluding hydrogens is 268 g/mol. The van der Waals surface area contributed by atoms with Crippen LogP contribution in [0.4, 0.5) is 11.5 Å². The summed E-state index contributed by atoms with van der Waals surface area (Å²) in [4.78, 5) is 29.4. The highest BCUT2D eigenvalue weighted by Gasteiger charge is 2.17. The van der Waals surface area contributed by atoms with E-state index in [1.165, 1.54) is 0 Å². The van der Waals surface area contributed by atoms with E-state index in [0.29, 0.717) is 5.89 Å². The molecule has 0 spiro atoms. The second kappa shape index (κ2) is 5.30. The fourth-order valence-corrected chi connectivity index (χ4v) is 1.41. The molecule has 0 aromatic carbocycles. The van der Waals surface area contributed by atoms with Crippen LogP contribution < -0.4 is 11.1 Å². The summed E-state index contributed by atoms with van der Waals surface area (Å²) in [6, 6.07) is 1.05. The fraction of sp³-hybridized carbons (Fsp3) is 0.200. The Morgan fingerprint density at radius 2 is 2.35 bits per heavy atom. The van der Waals surface area contributed by atoms with Gasteiger partial charge in [-0.15, -0.1) is 0 Å². The normalized spacial score (nSPS) is 10.2. The van der Waals surface area contributed by atoms with Gasteiger partial charge in [0, 0.05) is 13.0 Å². The van der Waals surface area contributed by atoms with Crippen molar-refractivity contribution >= 4 is 17.4 Å². The molecule has 3 N–H and O–H groups in total. The van der Waals surface area contributed by atoms with E-state index in [9.17, 15) is 14.9 Å². The largest absolute Gasteiger partial charge is 0.383 e. The smallest absolute Gasteiger partial charge is 0.288 e. The molecule has 2 heterocycles. The van der Waals surface area contributed by atoms with Gasteiger partial charge in [0.05, 0.1) is 17.0 Å². The highest BCUT2D eigenvalue weighted by molar-refractivity contribution is 5.98. The van der Waals surface area contributed by atoms with Gasteiger partial charge >= 0.3 is 0 Å². The summed E-state index contributed by atoms with van der Waals surface area (Å²) in [6.45, 7) is 1.62. The predicted molar refractivity (Wildman–Crippen MR) is 65.5 cm³/mol. The summed E-state index contributed by atoms with van der Waals surface area (Å²) >= 11 is 0. The molecule has 0 bridgehead atoms. The number of nitrogen functional groups attached to an aromatic ring is 1. The van der Waals surface area contributed by atoms with E-state index in [2.05, 4.69) is 20.4 Å². The van der Waals surface area contributed by atoms with Crippen LogP contribution in [0, 0.1) is 17.0 Å². The molecule has 2 aromatic rings. The summed E-state index contributed by atoms with van der Waals surface area (Å²) in [5.74, 6) is -0.0582. The van der Waals surface area contributed by atoms with Gasteiger partial charge < -0.3 is 15.6 Å². The number of carbonyl (C=O) groups is 1. The molecule has 0 aliphatic rings. The minimum Gasteiger partial charge on any atom is -0.383 e. The molecule has 10 heteroatoms. The van der Waals surface area contributed by atoms with Crippen LogP contribution >= 0.6 is 0 Å². The zero-order valence-electron chi connectivity index (χ0n) is 10.4. The number of carbonyl (C=O) groups excluding carboxylic acids is 1. The standard InChI is InChI=1S/C10H10N6O4/c1-5-14-8(15-20-5)4-13-10(17)7-2-6(16(18)19)3-12-9(7)11/h2-3H,4H2,1H3,(H2,11,12)(H,13,17). The number of amides is 1. The van der Waals surface area contributed by atoms with E-state index in [1.54, 1.807) is 6.92 Å². The first-order chi connectivity index (χ1) is 9.47. The Morgan fingerprint density at radius 3 is 2.95 bits per heavy atom. The van der Waals surface area contributed by atoms with Crippen molar-refractivity contribution in [2.24, 2.45) is 0 Å². The first-order valence-corrected chi connectivity index (χ1v) is 5.44. The lowest BCUT2D eigenvalue weighted by Gasteiger charge is -2.04. The number of nitro groups is 1. The third-order valence-electron chi connectivity index (χ3n) is 2.34. The zero-order valence-corrected chi connectivity index (χ0v) is 10.4. The Labute approximate surface area is 112 Å². The van der Waals surface area contributed by atoms with Crippen molar-refractivity contribution in [3.8, 4) is 0 Å². The topological polar surface area (TPSA) is 150 Å². The third kappa shape index (κ3) is 2.85. The SMILES string of the molecule is Cc1nc(CNC(=O)c2cc([N+](=O)[O-])cnc2N)no1. The number of nitrogens with zero attached hydrogens (tertiary/aromatic N) is 4. The van der Waals surface area contributed by atoms with Crippen molar-refractivity contribution in [2.45, 2.75) is 13.5 Å². The Kier molecular flexibility index (Phi) is 3.55. The maximum Gasteiger partial charge on any atom is 0.288 e. The second-order valence-corrected chi connectivity index (χ2v) is 3.80. The van der Waals surface area contributed by atoms with Gasteiger partial charge in [0.15, 0.2) is 5.82 Å². The van der Waals surface area contributed by atoms with Crippen LogP contribution in [0.1, 0.15) is 22.1 Å². The van der Waals surface area contributed by atoms with Crippen LogP contribution in [0.15, 0.2) is 16.8 Å². The number of aromatic nitrogens is 3. The van der Waals surface area contributed by atoms with Crippen LogP contribution in [-0.2, 0) is 6.54 Å². The van der Waals surface area contributed by atoms with Gasteiger partial charge in [0.25, 0.3) is 11.6 Å². The number of nitrogens with two attached hydrogens (primary N) is 1. The van der Waals surface area contributed by atoms with Gasteiger partial charge in [-0.2, -0.15) is 4.98 Å². The molecule has 0 radical (unpaired) electrons. The maximum atomic E-state index is 11.9. The summed E-state index contributed by atoms with van der Waals surface area (Å²) in [5.41, 5.74) is 5.12. The molecule has 104 valence electrons. The predicted octanol–water partition coefficient (Wildman–Crippen LogP) is 0.193. The van der Waals surface area contributed by atoms with Crippen molar-refractivity contribution in [3.05, 3.63) is 39.7 Å². The number of rotatable bonds is 4. The lowest BCUT2D eigenvalue weighted by molar-refractivity contribution is -0.385. The Bertz CT molecular complexity index is 668. The molecule has 0 saturated carbocycles. The molecular formula is C10H10N6O4. The van der Waals surface area contributed by atoms with Gasteiger partial charge in [-0.25, -0.2) is 4.98 Å². The highest BCUT2D eigenvalue weighted by Crippen LogP contribution is 2.16. The maximum absolute atomic E-state index is 11.9. The summed E-state index contributed by atoms with van der Waals surface area (Å²) in [5, 5.41) is 16.7. The van der Waals surface area contributed by atoms with E-state index in [-0.39, 0.29) is 29.4 Å². The first kappa shape index (κ1) is 13.4. The lowest BCUT2D eigenvalue weighted by Crippen LogP contribution is -2.24. The lowest BCUT2D eigenvalue weighted by atomic mass is 10.2. The van der Waals surface area contributed by atoms with E-state index in [1.807, 2.05) is 0 Å². The van der Waals surface area contributed by atoms with E-state index < -0.39 is 10.8 Å². The second-order valence-electron chi connectivity index (χ2n) is 3.80. The average molecular weight is 278 g/mol. The van der Waals surface area contributed by atoms with Gasteiger partial charge in [-0.1, -0.05) is 5.16 Å². The molecule has 2 rings (SSSR count). The minimum absolute atomic E-state index is 0.0122. The molecule has 0 aliphatic heterocycles. The highest BCUT2D eigenvalue weighted by atomic mass is 16.6. The summed E-state index contributed by atoms with van der Waals surface area (Å²) in [6.07, 6.45) is 0.981. The number of anilines is 1. The Morgan fingerprint density at radius 1 is 1.60 bits per heavy atom. The van der Waals surface area contributed by atoms with Crippen LogP contribution in [-0.4, -0.2) is 26.0 Å². The zero-order chi connectivity index (χ0) is 14.7. The molecule has 1 amide bonds. The van der Waals surface area contributed by atoms with Crippen molar-refractivity contribution in [3.63, 3.8) is 0 Å². The number of hydrogen-bond donors (Lipinski definition) is 2. The van der Waals surface area contributed by atoms with E-state index in [0.717, 1.165) is 12.3 Å². The fourth-order valence-electron chi connectivity index (χ4n) is 1.41.